The Kier molecular flexibility index (Phi) is 4.59. The van der Waals surface area contributed by atoms with E-state index >= 15 is 0 Å². The zero-order valence-corrected chi connectivity index (χ0v) is 13.1. The smallest absolute Gasteiger partial charge is 0.104 e. The molecule has 0 radical (unpaired) electrons. The fourth-order valence-electron chi connectivity index (χ4n) is 2.17. The molecule has 1 unspecified atom stereocenters. The third-order valence-electron chi connectivity index (χ3n) is 3.06. The first-order valence-electron chi connectivity index (χ1n) is 5.99. The number of nitrogens with one attached hydrogen (secondary N) is 1. The number of aryl methyl sites for hydroxylation is 1. The molecule has 0 bridgehead atoms. The van der Waals surface area contributed by atoms with E-state index in [0.717, 1.165) is 28.0 Å². The van der Waals surface area contributed by atoms with E-state index in [1.54, 1.807) is 0 Å². The topological polar surface area (TPSA) is 28.7 Å². The van der Waals surface area contributed by atoms with E-state index in [-0.39, 0.29) is 17.8 Å². The van der Waals surface area contributed by atoms with Crippen molar-refractivity contribution in [1.82, 2.24) is 9.97 Å². The van der Waals surface area contributed by atoms with Crippen molar-refractivity contribution < 1.29 is 0 Å². The van der Waals surface area contributed by atoms with Crippen LogP contribution in [-0.2, 0) is 0 Å². The molecule has 2 nitrogen and oxygen atoms in total. The molecular weight excluding hydrogens is 315 g/mol. The Morgan fingerprint density at radius 1 is 1.10 bits per heavy atom. The lowest BCUT2D eigenvalue weighted by atomic mass is 10.0. The van der Waals surface area contributed by atoms with Gasteiger partial charge in [0.1, 0.15) is 5.82 Å². The van der Waals surface area contributed by atoms with Gasteiger partial charge in [0.05, 0.1) is 16.4 Å². The number of halogens is 3. The summed E-state index contributed by atoms with van der Waals surface area (Å²) in [7, 11) is 0. The standard InChI is InChI=1S/C15H12Cl2N2.ClH/c1-9-18-13-6-5-11(8-14(13)19-9)15(17)10-3-2-4-12(16)7-10;/h2-8,15H,1H3,(H,18,19);1H. The highest BCUT2D eigenvalue weighted by molar-refractivity contribution is 6.30. The van der Waals surface area contributed by atoms with Gasteiger partial charge in [0, 0.05) is 5.02 Å². The minimum atomic E-state index is -0.216. The number of H-pyrrole nitrogens is 1. The predicted octanol–water partition coefficient (Wildman–Crippen LogP) is 5.27. The van der Waals surface area contributed by atoms with Gasteiger partial charge in [0.15, 0.2) is 0 Å². The van der Waals surface area contributed by atoms with Crippen molar-refractivity contribution in [1.29, 1.82) is 0 Å². The third kappa shape index (κ3) is 2.93. The summed E-state index contributed by atoms with van der Waals surface area (Å²) in [6, 6.07) is 13.6. The Hall–Kier alpha value is -1.22. The van der Waals surface area contributed by atoms with Crippen molar-refractivity contribution in [2.24, 2.45) is 0 Å². The first-order chi connectivity index (χ1) is 9.13. The lowest BCUT2D eigenvalue weighted by molar-refractivity contribution is 1.14. The Morgan fingerprint density at radius 3 is 2.60 bits per heavy atom. The van der Waals surface area contributed by atoms with E-state index in [2.05, 4.69) is 9.97 Å². The van der Waals surface area contributed by atoms with Gasteiger partial charge < -0.3 is 4.98 Å². The average molecular weight is 328 g/mol. The first kappa shape index (κ1) is 15.2. The number of nitrogens with zero attached hydrogens (tertiary/aromatic N) is 1. The number of hydrogen-bond donors (Lipinski definition) is 1. The molecule has 3 aromatic rings. The molecule has 1 aromatic heterocycles. The molecule has 1 heterocycles. The lowest BCUT2D eigenvalue weighted by Crippen LogP contribution is -1.93. The predicted molar refractivity (Wildman–Crippen MR) is 87.2 cm³/mol. The zero-order valence-electron chi connectivity index (χ0n) is 10.7. The number of hydrogen-bond acceptors (Lipinski definition) is 1. The maximum absolute atomic E-state index is 6.52. The van der Waals surface area contributed by atoms with Gasteiger partial charge in [-0.05, 0) is 42.3 Å². The number of fused-ring (bicyclic) bond motifs is 1. The van der Waals surface area contributed by atoms with Gasteiger partial charge in [0.2, 0.25) is 0 Å². The Morgan fingerprint density at radius 2 is 1.85 bits per heavy atom. The van der Waals surface area contributed by atoms with Crippen LogP contribution >= 0.6 is 35.6 Å². The first-order valence-corrected chi connectivity index (χ1v) is 6.81. The summed E-state index contributed by atoms with van der Waals surface area (Å²) < 4.78 is 0. The summed E-state index contributed by atoms with van der Waals surface area (Å²) in [6.07, 6.45) is 0. The average Bonchev–Trinajstić information content (AvgIpc) is 2.76. The molecule has 2 aromatic carbocycles. The SMILES string of the molecule is Cc1nc2ccc(C(Cl)c3cccc(Cl)c3)cc2[nH]1.Cl. The van der Waals surface area contributed by atoms with Gasteiger partial charge in [-0.1, -0.05) is 29.8 Å². The van der Waals surface area contributed by atoms with Crippen molar-refractivity contribution >= 4 is 46.6 Å². The third-order valence-corrected chi connectivity index (χ3v) is 3.80. The summed E-state index contributed by atoms with van der Waals surface area (Å²) in [4.78, 5) is 7.60. The molecule has 20 heavy (non-hydrogen) atoms. The van der Waals surface area contributed by atoms with E-state index in [1.165, 1.54) is 0 Å². The second-order valence-electron chi connectivity index (χ2n) is 4.52. The van der Waals surface area contributed by atoms with Gasteiger partial charge in [-0.2, -0.15) is 0 Å². The molecule has 0 fully saturated rings. The summed E-state index contributed by atoms with van der Waals surface area (Å²) in [5, 5.41) is 0.480. The number of rotatable bonds is 2. The molecule has 1 atom stereocenters. The molecule has 0 spiro atoms. The van der Waals surface area contributed by atoms with Crippen LogP contribution in [0.5, 0.6) is 0 Å². The maximum Gasteiger partial charge on any atom is 0.104 e. The van der Waals surface area contributed by atoms with Crippen LogP contribution in [0.3, 0.4) is 0 Å². The van der Waals surface area contributed by atoms with Gasteiger partial charge in [-0.3, -0.25) is 0 Å². The summed E-state index contributed by atoms with van der Waals surface area (Å²) in [6.45, 7) is 1.94. The summed E-state index contributed by atoms with van der Waals surface area (Å²) >= 11 is 12.5. The monoisotopic (exact) mass is 326 g/mol. The molecule has 104 valence electrons. The number of aromatic amines is 1. The zero-order chi connectivity index (χ0) is 13.4. The van der Waals surface area contributed by atoms with Crippen molar-refractivity contribution in [3.8, 4) is 0 Å². The Labute approximate surface area is 133 Å². The normalized spacial score (nSPS) is 12.2. The highest BCUT2D eigenvalue weighted by Gasteiger charge is 2.12. The van der Waals surface area contributed by atoms with Gasteiger partial charge in [-0.15, -0.1) is 24.0 Å². The number of benzene rings is 2. The highest BCUT2D eigenvalue weighted by Crippen LogP contribution is 2.31. The molecule has 0 aliphatic carbocycles. The second kappa shape index (κ2) is 6.04. The van der Waals surface area contributed by atoms with Crippen LogP contribution in [-0.4, -0.2) is 9.97 Å². The molecular formula is C15H13Cl3N2. The molecule has 0 aliphatic heterocycles. The van der Waals surface area contributed by atoms with E-state index in [9.17, 15) is 0 Å². The second-order valence-corrected chi connectivity index (χ2v) is 5.39. The largest absolute Gasteiger partial charge is 0.342 e. The van der Waals surface area contributed by atoms with E-state index in [4.69, 9.17) is 23.2 Å². The van der Waals surface area contributed by atoms with Crippen LogP contribution in [0.4, 0.5) is 0 Å². The van der Waals surface area contributed by atoms with Crippen LogP contribution < -0.4 is 0 Å². The lowest BCUT2D eigenvalue weighted by Gasteiger charge is -2.10. The fraction of sp³-hybridized carbons (Fsp3) is 0.133. The van der Waals surface area contributed by atoms with E-state index in [1.807, 2.05) is 49.4 Å². The summed E-state index contributed by atoms with van der Waals surface area (Å²) in [5.41, 5.74) is 3.98. The van der Waals surface area contributed by atoms with Crippen molar-refractivity contribution in [3.63, 3.8) is 0 Å². The van der Waals surface area contributed by atoms with Crippen molar-refractivity contribution in [2.45, 2.75) is 12.3 Å². The molecule has 3 rings (SSSR count). The van der Waals surface area contributed by atoms with Crippen LogP contribution in [0.2, 0.25) is 5.02 Å². The Bertz CT molecular complexity index is 737. The molecule has 0 amide bonds. The van der Waals surface area contributed by atoms with Gasteiger partial charge >= 0.3 is 0 Å². The number of alkyl halides is 1. The molecule has 0 saturated heterocycles. The quantitative estimate of drug-likeness (QED) is 0.638. The Balaban J connectivity index is 0.00000147. The minimum absolute atomic E-state index is 0. The van der Waals surface area contributed by atoms with Crippen LogP contribution in [0.15, 0.2) is 42.5 Å². The van der Waals surface area contributed by atoms with Gasteiger partial charge in [-0.25, -0.2) is 4.98 Å². The van der Waals surface area contributed by atoms with Crippen LogP contribution in [0.25, 0.3) is 11.0 Å². The summed E-state index contributed by atoms with van der Waals surface area (Å²) in [5.74, 6) is 0.904. The van der Waals surface area contributed by atoms with Crippen LogP contribution in [0, 0.1) is 6.92 Å². The van der Waals surface area contributed by atoms with E-state index in [0.29, 0.717) is 5.02 Å². The minimum Gasteiger partial charge on any atom is -0.342 e. The van der Waals surface area contributed by atoms with Crippen molar-refractivity contribution in [2.75, 3.05) is 0 Å². The van der Waals surface area contributed by atoms with Crippen LogP contribution in [0.1, 0.15) is 22.3 Å². The number of imidazole rings is 1. The highest BCUT2D eigenvalue weighted by atomic mass is 35.5. The molecule has 0 saturated carbocycles. The van der Waals surface area contributed by atoms with Gasteiger partial charge in [0.25, 0.3) is 0 Å². The molecule has 0 aliphatic rings. The van der Waals surface area contributed by atoms with E-state index < -0.39 is 0 Å². The molecule has 1 N–H and O–H groups in total. The maximum atomic E-state index is 6.52. The fourth-order valence-corrected chi connectivity index (χ4v) is 2.64. The van der Waals surface area contributed by atoms with Crippen molar-refractivity contribution in [3.05, 3.63) is 64.4 Å². The molecule has 5 heteroatoms. The number of aromatic nitrogens is 2.